The number of rotatable bonds is 15. The van der Waals surface area contributed by atoms with E-state index < -0.39 is 0 Å². The maximum absolute atomic E-state index is 11.5. The van der Waals surface area contributed by atoms with Crippen LogP contribution in [0.2, 0.25) is 0 Å². The molecule has 0 atom stereocenters. The second-order valence-electron chi connectivity index (χ2n) is 6.36. The maximum atomic E-state index is 11.5. The second kappa shape index (κ2) is 14.3. The fraction of sp³-hybridized carbons (Fsp3) is 0.750. The molecule has 3 nitrogen and oxygen atoms in total. The lowest BCUT2D eigenvalue weighted by Crippen LogP contribution is -2.05. The molecule has 3 heteroatoms. The molecule has 0 aromatic carbocycles. The van der Waals surface area contributed by atoms with E-state index >= 15 is 0 Å². The van der Waals surface area contributed by atoms with Gasteiger partial charge in [-0.1, -0.05) is 84.0 Å². The first-order valence-electron chi connectivity index (χ1n) is 9.55. The summed E-state index contributed by atoms with van der Waals surface area (Å²) < 4.78 is 10.1. The summed E-state index contributed by atoms with van der Waals surface area (Å²) in [5.41, 5.74) is 0. The molecule has 0 radical (unpaired) electrons. The number of hydrogen-bond donors (Lipinski definition) is 0. The molecule has 1 aromatic heterocycles. The highest BCUT2D eigenvalue weighted by Gasteiger charge is 2.08. The summed E-state index contributed by atoms with van der Waals surface area (Å²) in [6, 6.07) is 3.33. The third-order valence-electron chi connectivity index (χ3n) is 4.20. The molecule has 0 unspecified atom stereocenters. The minimum atomic E-state index is -0.353. The third-order valence-corrected chi connectivity index (χ3v) is 4.20. The summed E-state index contributed by atoms with van der Waals surface area (Å²) in [4.78, 5) is 11.5. The van der Waals surface area contributed by atoms with Crippen LogP contribution in [-0.2, 0) is 4.74 Å². The Kier molecular flexibility index (Phi) is 12.4. The van der Waals surface area contributed by atoms with Crippen molar-refractivity contribution in [2.45, 2.75) is 90.4 Å². The lowest BCUT2D eigenvalue weighted by Gasteiger charge is -2.04. The van der Waals surface area contributed by atoms with E-state index in [2.05, 4.69) is 6.92 Å². The summed E-state index contributed by atoms with van der Waals surface area (Å²) in [5.74, 6) is -0.0615. The van der Waals surface area contributed by atoms with Gasteiger partial charge in [0.2, 0.25) is 5.76 Å². The maximum Gasteiger partial charge on any atom is 0.374 e. The highest BCUT2D eigenvalue weighted by molar-refractivity contribution is 5.86. The molecule has 0 N–H and O–H groups in total. The predicted molar refractivity (Wildman–Crippen MR) is 94.7 cm³/mol. The molecule has 0 spiro atoms. The van der Waals surface area contributed by atoms with Crippen LogP contribution in [0, 0.1) is 0 Å². The Labute approximate surface area is 141 Å². The number of carbonyl (C=O) groups excluding carboxylic acids is 1. The van der Waals surface area contributed by atoms with Gasteiger partial charge in [0.15, 0.2) is 0 Å². The van der Waals surface area contributed by atoms with Crippen molar-refractivity contribution in [3.8, 4) is 0 Å². The molecule has 0 bridgehead atoms. The van der Waals surface area contributed by atoms with Gasteiger partial charge in [0, 0.05) is 0 Å². The molecule has 0 fully saturated rings. The first-order chi connectivity index (χ1) is 11.3. The van der Waals surface area contributed by atoms with E-state index in [1.54, 1.807) is 12.1 Å². The van der Waals surface area contributed by atoms with Crippen molar-refractivity contribution in [2.24, 2.45) is 0 Å². The van der Waals surface area contributed by atoms with Gasteiger partial charge in [0.1, 0.15) is 0 Å². The summed E-state index contributed by atoms with van der Waals surface area (Å²) in [6.45, 7) is 2.76. The average molecular weight is 322 g/mol. The summed E-state index contributed by atoms with van der Waals surface area (Å²) >= 11 is 0. The Bertz CT molecular complexity index is 370. The van der Waals surface area contributed by atoms with E-state index in [1.165, 1.54) is 76.9 Å². The normalized spacial score (nSPS) is 10.8. The summed E-state index contributed by atoms with van der Waals surface area (Å²) in [7, 11) is 0. The van der Waals surface area contributed by atoms with Crippen molar-refractivity contribution in [1.29, 1.82) is 0 Å². The fourth-order valence-corrected chi connectivity index (χ4v) is 2.75. The molecule has 0 saturated carbocycles. The standard InChI is InChI=1S/C20H34O3/c1-2-3-4-5-6-7-8-9-10-11-12-13-14-17-23-20(21)19-16-15-18-22-19/h15-16,18H,2-14,17H2,1H3. The van der Waals surface area contributed by atoms with Crippen molar-refractivity contribution in [2.75, 3.05) is 6.61 Å². The Morgan fingerprint density at radius 1 is 0.870 bits per heavy atom. The Balaban J connectivity index is 1.76. The van der Waals surface area contributed by atoms with Crippen LogP contribution in [-0.4, -0.2) is 12.6 Å². The predicted octanol–water partition coefficient (Wildman–Crippen LogP) is 6.53. The molecular formula is C20H34O3. The summed E-state index contributed by atoms with van der Waals surface area (Å²) in [6.07, 6.45) is 18.7. The molecule has 0 saturated heterocycles. The van der Waals surface area contributed by atoms with Crippen LogP contribution in [0.1, 0.15) is 101 Å². The van der Waals surface area contributed by atoms with Gasteiger partial charge in [-0.2, -0.15) is 0 Å². The van der Waals surface area contributed by atoms with Gasteiger partial charge in [0.25, 0.3) is 0 Å². The zero-order valence-corrected chi connectivity index (χ0v) is 14.9. The van der Waals surface area contributed by atoms with Crippen molar-refractivity contribution in [3.63, 3.8) is 0 Å². The van der Waals surface area contributed by atoms with Crippen LogP contribution in [0.3, 0.4) is 0 Å². The molecule has 1 aromatic rings. The number of hydrogen-bond acceptors (Lipinski definition) is 3. The average Bonchev–Trinajstić information content (AvgIpc) is 3.09. The number of unbranched alkanes of at least 4 members (excludes halogenated alkanes) is 12. The van der Waals surface area contributed by atoms with Gasteiger partial charge in [-0.15, -0.1) is 0 Å². The summed E-state index contributed by atoms with van der Waals surface area (Å²) in [5, 5.41) is 0. The van der Waals surface area contributed by atoms with E-state index in [9.17, 15) is 4.79 Å². The minimum Gasteiger partial charge on any atom is -0.460 e. The fourth-order valence-electron chi connectivity index (χ4n) is 2.75. The van der Waals surface area contributed by atoms with Gasteiger partial charge in [-0.25, -0.2) is 4.79 Å². The number of esters is 1. The van der Waals surface area contributed by atoms with Crippen molar-refractivity contribution >= 4 is 5.97 Å². The highest BCUT2D eigenvalue weighted by atomic mass is 16.5. The first-order valence-corrected chi connectivity index (χ1v) is 9.55. The highest BCUT2D eigenvalue weighted by Crippen LogP contribution is 2.12. The molecule has 132 valence electrons. The van der Waals surface area contributed by atoms with Gasteiger partial charge >= 0.3 is 5.97 Å². The lowest BCUT2D eigenvalue weighted by molar-refractivity contribution is 0.0461. The Hall–Kier alpha value is -1.25. The third kappa shape index (κ3) is 11.0. The van der Waals surface area contributed by atoms with Gasteiger partial charge in [0.05, 0.1) is 12.9 Å². The molecule has 0 aliphatic rings. The van der Waals surface area contributed by atoms with Crippen LogP contribution >= 0.6 is 0 Å². The van der Waals surface area contributed by atoms with E-state index in [-0.39, 0.29) is 5.97 Å². The topological polar surface area (TPSA) is 39.4 Å². The smallest absolute Gasteiger partial charge is 0.374 e. The van der Waals surface area contributed by atoms with Gasteiger partial charge in [-0.3, -0.25) is 0 Å². The first kappa shape index (κ1) is 19.8. The molecule has 1 heterocycles. The number of ether oxygens (including phenoxy) is 1. The monoisotopic (exact) mass is 322 g/mol. The van der Waals surface area contributed by atoms with E-state index in [0.717, 1.165) is 12.8 Å². The van der Waals surface area contributed by atoms with Crippen LogP contribution in [0.5, 0.6) is 0 Å². The lowest BCUT2D eigenvalue weighted by atomic mass is 10.0. The second-order valence-corrected chi connectivity index (χ2v) is 6.36. The van der Waals surface area contributed by atoms with E-state index in [1.807, 2.05) is 0 Å². The molecule has 0 amide bonds. The molecule has 1 rings (SSSR count). The van der Waals surface area contributed by atoms with Crippen LogP contribution in [0.25, 0.3) is 0 Å². The SMILES string of the molecule is CCCCCCCCCCCCCCCOC(=O)c1ccco1. The van der Waals surface area contributed by atoms with Gasteiger partial charge in [-0.05, 0) is 18.6 Å². The molecule has 0 aliphatic heterocycles. The minimum absolute atomic E-state index is 0.291. The van der Waals surface area contributed by atoms with Crippen LogP contribution in [0.4, 0.5) is 0 Å². The molecule has 0 aliphatic carbocycles. The Morgan fingerprint density at radius 3 is 1.87 bits per heavy atom. The molecule has 23 heavy (non-hydrogen) atoms. The van der Waals surface area contributed by atoms with E-state index in [0.29, 0.717) is 12.4 Å². The van der Waals surface area contributed by atoms with Crippen LogP contribution < -0.4 is 0 Å². The van der Waals surface area contributed by atoms with Crippen molar-refractivity contribution < 1.29 is 13.9 Å². The largest absolute Gasteiger partial charge is 0.460 e. The van der Waals surface area contributed by atoms with E-state index in [4.69, 9.17) is 9.15 Å². The zero-order valence-electron chi connectivity index (χ0n) is 14.9. The van der Waals surface area contributed by atoms with Crippen molar-refractivity contribution in [3.05, 3.63) is 24.2 Å². The number of carbonyl (C=O) groups is 1. The van der Waals surface area contributed by atoms with Gasteiger partial charge < -0.3 is 9.15 Å². The van der Waals surface area contributed by atoms with Crippen molar-refractivity contribution in [1.82, 2.24) is 0 Å². The zero-order chi connectivity index (χ0) is 16.6. The number of furan rings is 1. The quantitative estimate of drug-likeness (QED) is 0.272. The molecular weight excluding hydrogens is 288 g/mol. The Morgan fingerprint density at radius 2 is 1.39 bits per heavy atom. The van der Waals surface area contributed by atoms with Crippen LogP contribution in [0.15, 0.2) is 22.8 Å².